The van der Waals surface area contributed by atoms with Crippen LogP contribution in [0.2, 0.25) is 0 Å². The number of nitrogens with one attached hydrogen (secondary N) is 1. The molecule has 1 N–H and O–H groups in total. The summed E-state index contributed by atoms with van der Waals surface area (Å²) in [6, 6.07) is 14.1. The Kier molecular flexibility index (Phi) is 5.53. The number of hydrogen-bond donors (Lipinski definition) is 1. The molecule has 0 aliphatic carbocycles. The summed E-state index contributed by atoms with van der Waals surface area (Å²) in [6.45, 7) is 2.23. The van der Waals surface area contributed by atoms with Crippen LogP contribution in [0.15, 0.2) is 54.7 Å². The monoisotopic (exact) mass is 415 g/mol. The van der Waals surface area contributed by atoms with E-state index in [9.17, 15) is 9.18 Å². The maximum Gasteiger partial charge on any atom is 0.248 e. The number of aryl methyl sites for hydroxylation is 2. The molecule has 4 rings (SSSR count). The number of amides is 1. The average molecular weight is 415 g/mol. The van der Waals surface area contributed by atoms with E-state index in [0.29, 0.717) is 24.5 Å². The average Bonchev–Trinajstić information content (AvgIpc) is 3.35. The van der Waals surface area contributed by atoms with E-state index in [1.54, 1.807) is 13.0 Å². The van der Waals surface area contributed by atoms with E-state index in [4.69, 9.17) is 5.26 Å². The fourth-order valence-electron chi connectivity index (χ4n) is 3.32. The Hall–Kier alpha value is -4.32. The first-order valence-electron chi connectivity index (χ1n) is 9.55. The molecule has 1 amide bonds. The number of fused-ring (bicyclic) bond motifs is 1. The molecule has 0 atom stereocenters. The van der Waals surface area contributed by atoms with Crippen molar-refractivity contribution >= 4 is 28.6 Å². The quantitative estimate of drug-likeness (QED) is 0.485. The fraction of sp³-hybridized carbons (Fsp3) is 0.136. The molecule has 0 fully saturated rings. The van der Waals surface area contributed by atoms with Crippen molar-refractivity contribution in [2.75, 3.05) is 5.32 Å². The molecule has 2 aromatic heterocycles. The van der Waals surface area contributed by atoms with E-state index in [0.717, 1.165) is 16.5 Å². The molecule has 0 radical (unpaired) electrons. The molecule has 4 aromatic rings. The molecule has 2 heterocycles. The summed E-state index contributed by atoms with van der Waals surface area (Å²) in [4.78, 5) is 12.5. The van der Waals surface area contributed by atoms with Gasteiger partial charge < -0.3 is 9.88 Å². The van der Waals surface area contributed by atoms with Gasteiger partial charge in [0, 0.05) is 41.0 Å². The Balaban J connectivity index is 1.55. The predicted octanol–water partition coefficient (Wildman–Crippen LogP) is 3.63. The molecule has 9 heteroatoms. The van der Waals surface area contributed by atoms with E-state index in [2.05, 4.69) is 26.9 Å². The van der Waals surface area contributed by atoms with Gasteiger partial charge in [-0.3, -0.25) is 4.79 Å². The van der Waals surface area contributed by atoms with Crippen LogP contribution < -0.4 is 5.32 Å². The molecule has 0 saturated heterocycles. The topological polar surface area (TPSA) is 101 Å². The summed E-state index contributed by atoms with van der Waals surface area (Å²) in [5.41, 5.74) is 2.42. The smallest absolute Gasteiger partial charge is 0.248 e. The standard InChI is InChI=1S/C22H18FN7O/c1-15-26-27-28-30(15)21-13-17(8-9-19(21)23)25-22(31)10-7-16-14-29(12-4-11-24)20-6-3-2-5-18(16)20/h2-3,5-10,13-14H,4,12H2,1H3,(H,25,31)/b10-7+. The van der Waals surface area contributed by atoms with Crippen molar-refractivity contribution in [3.8, 4) is 11.8 Å². The number of tetrazole rings is 1. The normalized spacial score (nSPS) is 11.1. The number of hydrogen-bond acceptors (Lipinski definition) is 5. The third-order valence-electron chi connectivity index (χ3n) is 4.77. The molecule has 0 aliphatic rings. The van der Waals surface area contributed by atoms with Gasteiger partial charge in [-0.2, -0.15) is 9.94 Å². The first kappa shape index (κ1) is 20.0. The Morgan fingerprint density at radius 3 is 2.90 bits per heavy atom. The zero-order valence-electron chi connectivity index (χ0n) is 16.7. The SMILES string of the molecule is Cc1nnnn1-c1cc(NC(=O)/C=C/c2cn(CCC#N)c3ccccc23)ccc1F. The highest BCUT2D eigenvalue weighted by atomic mass is 19.1. The Labute approximate surface area is 177 Å². The van der Waals surface area contributed by atoms with Crippen LogP contribution in [0.3, 0.4) is 0 Å². The summed E-state index contributed by atoms with van der Waals surface area (Å²) in [6.07, 6.45) is 5.45. The van der Waals surface area contributed by atoms with Gasteiger partial charge in [-0.15, -0.1) is 5.10 Å². The number of carbonyl (C=O) groups excluding carboxylic acids is 1. The second-order valence-electron chi connectivity index (χ2n) is 6.83. The van der Waals surface area contributed by atoms with Gasteiger partial charge in [-0.05, 0) is 47.7 Å². The molecule has 154 valence electrons. The van der Waals surface area contributed by atoms with Crippen molar-refractivity contribution in [3.05, 3.63) is 71.9 Å². The van der Waals surface area contributed by atoms with Crippen molar-refractivity contribution in [1.82, 2.24) is 24.8 Å². The fourth-order valence-corrected chi connectivity index (χ4v) is 3.32. The number of halogens is 1. The van der Waals surface area contributed by atoms with Crippen molar-refractivity contribution < 1.29 is 9.18 Å². The molecule has 31 heavy (non-hydrogen) atoms. The summed E-state index contributed by atoms with van der Waals surface area (Å²) in [5.74, 6) is -0.441. The first-order valence-corrected chi connectivity index (χ1v) is 9.55. The lowest BCUT2D eigenvalue weighted by Crippen LogP contribution is -2.09. The molecular weight excluding hydrogens is 397 g/mol. The minimum absolute atomic E-state index is 0.143. The van der Waals surface area contributed by atoms with Crippen LogP contribution in [0.5, 0.6) is 0 Å². The van der Waals surface area contributed by atoms with Crippen molar-refractivity contribution in [2.45, 2.75) is 19.9 Å². The second kappa shape index (κ2) is 8.59. The van der Waals surface area contributed by atoms with Gasteiger partial charge in [0.1, 0.15) is 11.5 Å². The van der Waals surface area contributed by atoms with Gasteiger partial charge in [-0.25, -0.2) is 4.39 Å². The van der Waals surface area contributed by atoms with Crippen molar-refractivity contribution in [2.24, 2.45) is 0 Å². The zero-order valence-corrected chi connectivity index (χ0v) is 16.7. The predicted molar refractivity (Wildman–Crippen MR) is 114 cm³/mol. The minimum atomic E-state index is -0.505. The molecule has 0 bridgehead atoms. The van der Waals surface area contributed by atoms with Crippen LogP contribution in [0.1, 0.15) is 17.8 Å². The van der Waals surface area contributed by atoms with Crippen LogP contribution in [-0.4, -0.2) is 30.7 Å². The number of nitrogens with zero attached hydrogens (tertiary/aromatic N) is 6. The van der Waals surface area contributed by atoms with Gasteiger partial charge in [0.15, 0.2) is 5.82 Å². The van der Waals surface area contributed by atoms with Crippen LogP contribution in [-0.2, 0) is 11.3 Å². The Morgan fingerprint density at radius 1 is 1.29 bits per heavy atom. The number of rotatable bonds is 6. The maximum absolute atomic E-state index is 14.2. The molecule has 2 aromatic carbocycles. The molecule has 0 spiro atoms. The van der Waals surface area contributed by atoms with Crippen LogP contribution >= 0.6 is 0 Å². The third-order valence-corrected chi connectivity index (χ3v) is 4.77. The minimum Gasteiger partial charge on any atom is -0.346 e. The summed E-state index contributed by atoms with van der Waals surface area (Å²) in [7, 11) is 0. The third kappa shape index (κ3) is 4.18. The van der Waals surface area contributed by atoms with Crippen LogP contribution in [0.25, 0.3) is 22.7 Å². The van der Waals surface area contributed by atoms with E-state index in [1.807, 2.05) is 35.0 Å². The second-order valence-corrected chi connectivity index (χ2v) is 6.83. The number of para-hydroxylation sites is 1. The Morgan fingerprint density at radius 2 is 2.13 bits per heavy atom. The highest BCUT2D eigenvalue weighted by Gasteiger charge is 2.11. The number of benzene rings is 2. The maximum atomic E-state index is 14.2. The summed E-state index contributed by atoms with van der Waals surface area (Å²) < 4.78 is 17.5. The highest BCUT2D eigenvalue weighted by Crippen LogP contribution is 2.23. The lowest BCUT2D eigenvalue weighted by molar-refractivity contribution is -0.111. The van der Waals surface area contributed by atoms with Gasteiger partial charge in [0.25, 0.3) is 0 Å². The number of nitriles is 1. The van der Waals surface area contributed by atoms with Crippen molar-refractivity contribution in [1.29, 1.82) is 5.26 Å². The largest absolute Gasteiger partial charge is 0.346 e. The number of anilines is 1. The van der Waals surface area contributed by atoms with Crippen LogP contribution in [0, 0.1) is 24.1 Å². The van der Waals surface area contributed by atoms with Gasteiger partial charge in [-0.1, -0.05) is 18.2 Å². The molecule has 0 aliphatic heterocycles. The highest BCUT2D eigenvalue weighted by molar-refractivity contribution is 6.03. The van der Waals surface area contributed by atoms with E-state index >= 15 is 0 Å². The number of aromatic nitrogens is 5. The van der Waals surface area contributed by atoms with E-state index < -0.39 is 5.82 Å². The first-order chi connectivity index (χ1) is 15.1. The molecule has 0 unspecified atom stereocenters. The lowest BCUT2D eigenvalue weighted by Gasteiger charge is -2.07. The van der Waals surface area contributed by atoms with Gasteiger partial charge in [0.2, 0.25) is 5.91 Å². The zero-order chi connectivity index (χ0) is 21.8. The molecule has 0 saturated carbocycles. The van der Waals surface area contributed by atoms with Crippen LogP contribution in [0.4, 0.5) is 10.1 Å². The van der Waals surface area contributed by atoms with Gasteiger partial charge >= 0.3 is 0 Å². The lowest BCUT2D eigenvalue weighted by atomic mass is 10.1. The van der Waals surface area contributed by atoms with E-state index in [1.165, 1.54) is 29.0 Å². The van der Waals surface area contributed by atoms with E-state index in [-0.39, 0.29) is 11.6 Å². The molecular formula is C22H18FN7O. The number of carbonyl (C=O) groups is 1. The Bertz CT molecular complexity index is 1330. The molecule has 8 nitrogen and oxygen atoms in total. The van der Waals surface area contributed by atoms with Gasteiger partial charge in [0.05, 0.1) is 12.5 Å². The van der Waals surface area contributed by atoms with Crippen molar-refractivity contribution in [3.63, 3.8) is 0 Å². The summed E-state index contributed by atoms with van der Waals surface area (Å²) >= 11 is 0. The summed E-state index contributed by atoms with van der Waals surface area (Å²) in [5, 5.41) is 23.6.